The van der Waals surface area contributed by atoms with Gasteiger partial charge >= 0.3 is 0 Å². The number of halogens is 1. The van der Waals surface area contributed by atoms with E-state index in [1.54, 1.807) is 0 Å². The van der Waals surface area contributed by atoms with Crippen molar-refractivity contribution in [2.24, 2.45) is 5.92 Å². The fourth-order valence-corrected chi connectivity index (χ4v) is 2.60. The summed E-state index contributed by atoms with van der Waals surface area (Å²) in [5.74, 6) is 2.13. The minimum atomic E-state index is 0.506. The molecule has 0 spiro atoms. The van der Waals surface area contributed by atoms with Crippen molar-refractivity contribution in [1.29, 1.82) is 0 Å². The van der Waals surface area contributed by atoms with E-state index in [2.05, 4.69) is 44.6 Å². The third-order valence-electron chi connectivity index (χ3n) is 2.85. The third-order valence-corrected chi connectivity index (χ3v) is 3.61. The van der Waals surface area contributed by atoms with Gasteiger partial charge in [0.25, 0.3) is 0 Å². The highest BCUT2D eigenvalue weighted by molar-refractivity contribution is 9.10. The van der Waals surface area contributed by atoms with E-state index in [1.165, 1.54) is 12.7 Å². The summed E-state index contributed by atoms with van der Waals surface area (Å²) in [5.41, 5.74) is 5.74. The Kier molecular flexibility index (Phi) is 2.82. The van der Waals surface area contributed by atoms with Crippen molar-refractivity contribution < 1.29 is 0 Å². The lowest BCUT2D eigenvalue weighted by Crippen LogP contribution is -2.28. The van der Waals surface area contributed by atoms with Crippen LogP contribution >= 0.6 is 15.9 Å². The van der Waals surface area contributed by atoms with Crippen molar-refractivity contribution in [3.8, 4) is 0 Å². The number of nitrogens with zero attached hydrogens (tertiary/aromatic N) is 3. The minimum absolute atomic E-state index is 0.506. The molecule has 0 aliphatic carbocycles. The molecule has 0 amide bonds. The molecule has 5 heteroatoms. The average Bonchev–Trinajstić information content (AvgIpc) is 2.50. The average molecular weight is 271 g/mol. The van der Waals surface area contributed by atoms with E-state index in [-0.39, 0.29) is 0 Å². The van der Waals surface area contributed by atoms with E-state index < -0.39 is 0 Å². The smallest absolute Gasteiger partial charge is 0.148 e. The van der Waals surface area contributed by atoms with Crippen molar-refractivity contribution in [1.82, 2.24) is 9.97 Å². The Labute approximate surface area is 98.0 Å². The van der Waals surface area contributed by atoms with Crippen molar-refractivity contribution >= 4 is 27.6 Å². The van der Waals surface area contributed by atoms with Gasteiger partial charge < -0.3 is 10.6 Å². The highest BCUT2D eigenvalue weighted by atomic mass is 79.9. The van der Waals surface area contributed by atoms with Crippen LogP contribution < -0.4 is 10.6 Å². The molecule has 1 aliphatic heterocycles. The van der Waals surface area contributed by atoms with Crippen LogP contribution in [0.3, 0.4) is 0 Å². The van der Waals surface area contributed by atoms with Gasteiger partial charge in [-0.25, -0.2) is 9.97 Å². The maximum absolute atomic E-state index is 5.74. The lowest BCUT2D eigenvalue weighted by atomic mass is 10.1. The highest BCUT2D eigenvalue weighted by Gasteiger charge is 2.28. The zero-order chi connectivity index (χ0) is 11.0. The number of anilines is 2. The van der Waals surface area contributed by atoms with Crippen LogP contribution in [0.2, 0.25) is 0 Å². The lowest BCUT2D eigenvalue weighted by molar-refractivity contribution is 0.625. The normalized spacial score (nSPS) is 25.9. The molecule has 1 fully saturated rings. The quantitative estimate of drug-likeness (QED) is 0.849. The summed E-state index contributed by atoms with van der Waals surface area (Å²) >= 11 is 3.45. The first-order valence-electron chi connectivity index (χ1n) is 5.12. The molecule has 2 unspecified atom stereocenters. The number of rotatable bonds is 1. The fraction of sp³-hybridized carbons (Fsp3) is 0.600. The molecule has 82 valence electrons. The number of aromatic nitrogens is 2. The van der Waals surface area contributed by atoms with E-state index in [0.717, 1.165) is 16.8 Å². The summed E-state index contributed by atoms with van der Waals surface area (Å²) in [6.07, 6.45) is 2.72. The number of nitrogens with two attached hydrogens (primary N) is 1. The summed E-state index contributed by atoms with van der Waals surface area (Å²) in [5, 5.41) is 0. The maximum atomic E-state index is 5.74. The van der Waals surface area contributed by atoms with Crippen LogP contribution in [0.15, 0.2) is 10.8 Å². The Morgan fingerprint density at radius 1 is 1.47 bits per heavy atom. The predicted molar refractivity (Wildman–Crippen MR) is 64.7 cm³/mol. The van der Waals surface area contributed by atoms with Crippen LogP contribution in [-0.4, -0.2) is 22.6 Å². The minimum Gasteiger partial charge on any atom is -0.383 e. The molecule has 1 saturated heterocycles. The summed E-state index contributed by atoms with van der Waals surface area (Å²) in [4.78, 5) is 10.5. The molecule has 2 N–H and O–H groups in total. The second kappa shape index (κ2) is 3.96. The van der Waals surface area contributed by atoms with Crippen LogP contribution in [0.25, 0.3) is 0 Å². The standard InChI is InChI=1S/C10H15BrN4/c1-6-3-7(2)15(4-6)10-8(11)9(12)13-5-14-10/h5-7H,3-4H2,1-2H3,(H2,12,13,14). The number of hydrogen-bond donors (Lipinski definition) is 1. The third kappa shape index (κ3) is 1.93. The molecule has 0 saturated carbocycles. The molecule has 2 rings (SSSR count). The van der Waals surface area contributed by atoms with Crippen molar-refractivity contribution in [2.75, 3.05) is 17.2 Å². The molecule has 0 radical (unpaired) electrons. The fourth-order valence-electron chi connectivity index (χ4n) is 2.17. The molecule has 15 heavy (non-hydrogen) atoms. The Morgan fingerprint density at radius 3 is 2.80 bits per heavy atom. The zero-order valence-electron chi connectivity index (χ0n) is 8.94. The van der Waals surface area contributed by atoms with Gasteiger partial charge in [-0.3, -0.25) is 0 Å². The van der Waals surface area contributed by atoms with Crippen molar-refractivity contribution in [3.63, 3.8) is 0 Å². The largest absolute Gasteiger partial charge is 0.383 e. The van der Waals surface area contributed by atoms with Crippen LogP contribution in [0.5, 0.6) is 0 Å². The van der Waals surface area contributed by atoms with E-state index in [4.69, 9.17) is 5.73 Å². The van der Waals surface area contributed by atoms with E-state index in [1.807, 2.05) is 0 Å². The first-order valence-corrected chi connectivity index (χ1v) is 5.91. The van der Waals surface area contributed by atoms with Crippen LogP contribution in [0.4, 0.5) is 11.6 Å². The summed E-state index contributed by atoms with van der Waals surface area (Å²) < 4.78 is 0.811. The molecule has 4 nitrogen and oxygen atoms in total. The van der Waals surface area contributed by atoms with Crippen molar-refractivity contribution in [2.45, 2.75) is 26.3 Å². The van der Waals surface area contributed by atoms with Gasteiger partial charge in [-0.2, -0.15) is 0 Å². The Balaban J connectivity index is 2.33. The van der Waals surface area contributed by atoms with Crippen LogP contribution in [-0.2, 0) is 0 Å². The molecular formula is C10H15BrN4. The first kappa shape index (κ1) is 10.7. The Hall–Kier alpha value is -0.840. The molecule has 1 aromatic heterocycles. The van der Waals surface area contributed by atoms with Gasteiger partial charge in [0.15, 0.2) is 0 Å². The van der Waals surface area contributed by atoms with Crippen LogP contribution in [0, 0.1) is 5.92 Å². The van der Waals surface area contributed by atoms with Crippen molar-refractivity contribution in [3.05, 3.63) is 10.8 Å². The Morgan fingerprint density at radius 2 is 2.20 bits per heavy atom. The van der Waals surface area contributed by atoms with Gasteiger partial charge in [0.1, 0.15) is 22.4 Å². The lowest BCUT2D eigenvalue weighted by Gasteiger charge is -2.23. The molecule has 1 aromatic rings. The monoisotopic (exact) mass is 270 g/mol. The molecular weight excluding hydrogens is 256 g/mol. The zero-order valence-corrected chi connectivity index (χ0v) is 10.5. The van der Waals surface area contributed by atoms with Gasteiger partial charge in [-0.1, -0.05) is 6.92 Å². The van der Waals surface area contributed by atoms with Gasteiger partial charge in [-0.15, -0.1) is 0 Å². The summed E-state index contributed by atoms with van der Waals surface area (Å²) in [7, 11) is 0. The van der Waals surface area contributed by atoms with Gasteiger partial charge in [0.05, 0.1) is 0 Å². The summed E-state index contributed by atoms with van der Waals surface area (Å²) in [6.45, 7) is 5.51. The molecule has 0 bridgehead atoms. The van der Waals surface area contributed by atoms with E-state index in [0.29, 0.717) is 17.8 Å². The van der Waals surface area contributed by atoms with Gasteiger partial charge in [0.2, 0.25) is 0 Å². The molecule has 2 heterocycles. The first-order chi connectivity index (χ1) is 7.09. The predicted octanol–water partition coefficient (Wildman–Crippen LogP) is 2.06. The molecule has 2 atom stereocenters. The SMILES string of the molecule is CC1CC(C)N(c2ncnc(N)c2Br)C1. The number of nitrogen functional groups attached to an aromatic ring is 1. The molecule has 1 aliphatic rings. The highest BCUT2D eigenvalue weighted by Crippen LogP contribution is 2.33. The van der Waals surface area contributed by atoms with E-state index >= 15 is 0 Å². The Bertz CT molecular complexity index is 368. The van der Waals surface area contributed by atoms with E-state index in [9.17, 15) is 0 Å². The second-order valence-corrected chi connectivity index (χ2v) is 5.03. The topological polar surface area (TPSA) is 55.0 Å². The van der Waals surface area contributed by atoms with Gasteiger partial charge in [0, 0.05) is 12.6 Å². The molecule has 0 aromatic carbocycles. The maximum Gasteiger partial charge on any atom is 0.148 e. The summed E-state index contributed by atoms with van der Waals surface area (Å²) in [6, 6.07) is 0.519. The van der Waals surface area contributed by atoms with Crippen LogP contribution in [0.1, 0.15) is 20.3 Å². The number of hydrogen-bond acceptors (Lipinski definition) is 4. The second-order valence-electron chi connectivity index (χ2n) is 4.24. The van der Waals surface area contributed by atoms with Gasteiger partial charge in [-0.05, 0) is 35.2 Å².